The monoisotopic (exact) mass is 323 g/mol. The highest BCUT2D eigenvalue weighted by Gasteiger charge is 2.44. The number of carbonyl (C=O) groups is 1. The van der Waals surface area contributed by atoms with Gasteiger partial charge in [-0.3, -0.25) is 0 Å². The first-order chi connectivity index (χ1) is 10.5. The molecule has 0 unspecified atom stereocenters. The summed E-state index contributed by atoms with van der Waals surface area (Å²) in [6.07, 6.45) is 3.33. The second-order valence-electron chi connectivity index (χ2n) is 6.45. The Morgan fingerprint density at radius 1 is 1.27 bits per heavy atom. The maximum Gasteiger partial charge on any atom is 0.410 e. The van der Waals surface area contributed by atoms with E-state index in [-0.39, 0.29) is 23.8 Å². The topological polar surface area (TPSA) is 49.8 Å². The minimum absolute atomic E-state index is 0.0312. The van der Waals surface area contributed by atoms with Crippen LogP contribution in [0.1, 0.15) is 50.6 Å². The van der Waals surface area contributed by atoms with Crippen LogP contribution in [0.15, 0.2) is 24.3 Å². The van der Waals surface area contributed by atoms with Crippen molar-refractivity contribution in [3.8, 4) is 0 Å². The minimum atomic E-state index is -0.355. The predicted octanol–water partition coefficient (Wildman–Crippen LogP) is 3.92. The van der Waals surface area contributed by atoms with E-state index in [9.17, 15) is 9.90 Å². The van der Waals surface area contributed by atoms with E-state index in [1.54, 1.807) is 4.90 Å². The molecule has 2 aliphatic rings. The Morgan fingerprint density at radius 2 is 1.91 bits per heavy atom. The summed E-state index contributed by atoms with van der Waals surface area (Å²) in [5.41, 5.74) is 0.698. The minimum Gasteiger partial charge on any atom is -0.443 e. The first-order valence-electron chi connectivity index (χ1n) is 7.92. The number of halogens is 1. The molecule has 3 rings (SSSR count). The van der Waals surface area contributed by atoms with Crippen LogP contribution in [0.25, 0.3) is 0 Å². The molecule has 1 heterocycles. The molecule has 1 aliphatic carbocycles. The normalized spacial score (nSPS) is 30.2. The Balaban J connectivity index is 1.68. The van der Waals surface area contributed by atoms with Crippen molar-refractivity contribution in [3.63, 3.8) is 0 Å². The molecule has 22 heavy (non-hydrogen) atoms. The smallest absolute Gasteiger partial charge is 0.410 e. The van der Waals surface area contributed by atoms with Gasteiger partial charge in [-0.1, -0.05) is 23.7 Å². The van der Waals surface area contributed by atoms with E-state index in [1.165, 1.54) is 0 Å². The molecular formula is C17H22ClNO3. The number of hydrogen-bond acceptors (Lipinski definition) is 3. The zero-order chi connectivity index (χ0) is 15.7. The van der Waals surface area contributed by atoms with E-state index < -0.39 is 0 Å². The predicted molar refractivity (Wildman–Crippen MR) is 84.9 cm³/mol. The summed E-state index contributed by atoms with van der Waals surface area (Å²) in [6, 6.07) is 7.54. The molecule has 1 aromatic rings. The van der Waals surface area contributed by atoms with Gasteiger partial charge in [0.15, 0.2) is 0 Å². The maximum atomic E-state index is 12.4. The number of carbonyl (C=O) groups excluding carboxylic acids is 1. The van der Waals surface area contributed by atoms with Gasteiger partial charge in [0.25, 0.3) is 0 Å². The van der Waals surface area contributed by atoms with Gasteiger partial charge < -0.3 is 14.7 Å². The number of amides is 1. The second-order valence-corrected chi connectivity index (χ2v) is 6.89. The molecular weight excluding hydrogens is 302 g/mol. The Labute approximate surface area is 136 Å². The molecule has 0 radical (unpaired) electrons. The average Bonchev–Trinajstić information content (AvgIpc) is 2.51. The molecule has 120 valence electrons. The third-order valence-electron chi connectivity index (χ3n) is 5.03. The van der Waals surface area contributed by atoms with Crippen LogP contribution in [0.4, 0.5) is 4.79 Å². The summed E-state index contributed by atoms with van der Waals surface area (Å²) in [5.74, 6) is 0. The van der Waals surface area contributed by atoms with Crippen molar-refractivity contribution in [2.45, 2.75) is 56.8 Å². The van der Waals surface area contributed by atoms with Crippen molar-refractivity contribution in [2.75, 3.05) is 6.54 Å². The van der Waals surface area contributed by atoms with Crippen LogP contribution in [0, 0.1) is 0 Å². The molecule has 1 aromatic carbocycles. The van der Waals surface area contributed by atoms with Crippen LogP contribution in [-0.4, -0.2) is 34.3 Å². The first-order valence-corrected chi connectivity index (χ1v) is 8.30. The number of aliphatic hydroxyl groups excluding tert-OH is 1. The third kappa shape index (κ3) is 3.08. The highest BCUT2D eigenvalue weighted by molar-refractivity contribution is 6.30. The summed E-state index contributed by atoms with van der Waals surface area (Å²) in [6.45, 7) is 2.70. The van der Waals surface area contributed by atoms with Gasteiger partial charge in [-0.25, -0.2) is 4.79 Å². The third-order valence-corrected chi connectivity index (χ3v) is 5.28. The molecule has 1 saturated heterocycles. The zero-order valence-electron chi connectivity index (χ0n) is 12.8. The van der Waals surface area contributed by atoms with Gasteiger partial charge in [0, 0.05) is 18.0 Å². The van der Waals surface area contributed by atoms with E-state index in [4.69, 9.17) is 16.3 Å². The molecule has 1 aliphatic heterocycles. The fourth-order valence-corrected chi connectivity index (χ4v) is 3.59. The van der Waals surface area contributed by atoms with E-state index in [0.717, 1.165) is 37.7 Å². The highest BCUT2D eigenvalue weighted by atomic mass is 35.5. The summed E-state index contributed by atoms with van der Waals surface area (Å²) in [7, 11) is 0. The lowest BCUT2D eigenvalue weighted by Gasteiger charge is -2.45. The van der Waals surface area contributed by atoms with Crippen LogP contribution in [-0.2, 0) is 4.74 Å². The van der Waals surface area contributed by atoms with Crippen molar-refractivity contribution >= 4 is 17.7 Å². The van der Waals surface area contributed by atoms with Gasteiger partial charge in [0.1, 0.15) is 5.60 Å². The largest absolute Gasteiger partial charge is 0.443 e. The fraction of sp³-hybridized carbons (Fsp3) is 0.588. The number of benzene rings is 1. The molecule has 4 nitrogen and oxygen atoms in total. The SMILES string of the molecule is C[C@@H](c1ccc(Cl)cc1)N1CCC2(CCC(O)CC2)OC1=O. The van der Waals surface area contributed by atoms with Crippen LogP contribution in [0.2, 0.25) is 5.02 Å². The first kappa shape index (κ1) is 15.6. The van der Waals surface area contributed by atoms with E-state index in [0.29, 0.717) is 11.6 Å². The van der Waals surface area contributed by atoms with E-state index in [1.807, 2.05) is 31.2 Å². The average molecular weight is 324 g/mol. The summed E-state index contributed by atoms with van der Waals surface area (Å²) >= 11 is 5.91. The van der Waals surface area contributed by atoms with Gasteiger partial charge in [-0.15, -0.1) is 0 Å². The Kier molecular flexibility index (Phi) is 4.33. The standard InChI is InChI=1S/C17H22ClNO3/c1-12(13-2-4-14(18)5-3-13)19-11-10-17(22-16(19)21)8-6-15(20)7-9-17/h2-5,12,15,20H,6-11H2,1H3/t12-,15?,17?/m0/s1. The van der Waals surface area contributed by atoms with Crippen molar-refractivity contribution < 1.29 is 14.6 Å². The van der Waals surface area contributed by atoms with Crippen LogP contribution in [0.3, 0.4) is 0 Å². The lowest BCUT2D eigenvalue weighted by Crippen LogP contribution is -2.52. The number of ether oxygens (including phenoxy) is 1. The number of nitrogens with zero attached hydrogens (tertiary/aromatic N) is 1. The van der Waals surface area contributed by atoms with E-state index in [2.05, 4.69) is 0 Å². The van der Waals surface area contributed by atoms with Gasteiger partial charge in [-0.05, 0) is 50.3 Å². The molecule has 0 bridgehead atoms. The molecule has 1 N–H and O–H groups in total. The number of hydrogen-bond donors (Lipinski definition) is 1. The lowest BCUT2D eigenvalue weighted by atomic mass is 9.80. The van der Waals surface area contributed by atoms with Crippen molar-refractivity contribution in [1.82, 2.24) is 4.90 Å². The molecule has 1 amide bonds. The molecule has 2 fully saturated rings. The van der Waals surface area contributed by atoms with Gasteiger partial charge in [0.05, 0.1) is 12.1 Å². The summed E-state index contributed by atoms with van der Waals surface area (Å²) in [4.78, 5) is 14.2. The molecule has 0 aromatic heterocycles. The Bertz CT molecular complexity index is 537. The van der Waals surface area contributed by atoms with Crippen LogP contribution < -0.4 is 0 Å². The number of rotatable bonds is 2. The molecule has 5 heteroatoms. The van der Waals surface area contributed by atoms with E-state index >= 15 is 0 Å². The maximum absolute atomic E-state index is 12.4. The van der Waals surface area contributed by atoms with Crippen molar-refractivity contribution in [1.29, 1.82) is 0 Å². The fourth-order valence-electron chi connectivity index (χ4n) is 3.46. The second kappa shape index (κ2) is 6.09. The van der Waals surface area contributed by atoms with Crippen LogP contribution >= 0.6 is 11.6 Å². The van der Waals surface area contributed by atoms with Crippen molar-refractivity contribution in [2.24, 2.45) is 0 Å². The highest BCUT2D eigenvalue weighted by Crippen LogP contribution is 2.39. The van der Waals surface area contributed by atoms with Gasteiger partial charge in [-0.2, -0.15) is 0 Å². The van der Waals surface area contributed by atoms with Gasteiger partial charge >= 0.3 is 6.09 Å². The van der Waals surface area contributed by atoms with Crippen molar-refractivity contribution in [3.05, 3.63) is 34.9 Å². The Morgan fingerprint density at radius 3 is 2.50 bits per heavy atom. The zero-order valence-corrected chi connectivity index (χ0v) is 13.6. The quantitative estimate of drug-likeness (QED) is 0.897. The molecule has 1 atom stereocenters. The summed E-state index contributed by atoms with van der Waals surface area (Å²) in [5, 5.41) is 10.3. The molecule has 1 saturated carbocycles. The summed E-state index contributed by atoms with van der Waals surface area (Å²) < 4.78 is 5.79. The number of aliphatic hydroxyl groups is 1. The Hall–Kier alpha value is -1.26. The lowest BCUT2D eigenvalue weighted by molar-refractivity contribution is -0.0908. The van der Waals surface area contributed by atoms with Crippen LogP contribution in [0.5, 0.6) is 0 Å². The van der Waals surface area contributed by atoms with Gasteiger partial charge in [0.2, 0.25) is 0 Å². The molecule has 1 spiro atoms.